The molecule has 1 aromatic heterocycles. The molecule has 5 nitrogen and oxygen atoms in total. The Morgan fingerprint density at radius 1 is 1.47 bits per heavy atom. The zero-order valence-corrected chi connectivity index (χ0v) is 10.5. The lowest BCUT2D eigenvalue weighted by Gasteiger charge is -2.39. The summed E-state index contributed by atoms with van der Waals surface area (Å²) in [5, 5.41) is 7.37. The molecule has 1 spiro atoms. The average Bonchev–Trinajstić information content (AvgIpc) is 2.61. The first-order valence-corrected chi connectivity index (χ1v) is 5.65. The molecular formula is C11H16ClN3O2. The molecule has 94 valence electrons. The first-order chi connectivity index (χ1) is 7.70. The zero-order chi connectivity index (χ0) is 11.2. The van der Waals surface area contributed by atoms with Gasteiger partial charge in [0, 0.05) is 19.9 Å². The molecule has 2 aliphatic heterocycles. The summed E-state index contributed by atoms with van der Waals surface area (Å²) in [6.45, 7) is 1.84. The normalized spacial score (nSPS) is 21.6. The Balaban J connectivity index is 0.00000108. The number of aryl methyl sites for hydroxylation is 1. The van der Waals surface area contributed by atoms with Gasteiger partial charge in [0.2, 0.25) is 0 Å². The van der Waals surface area contributed by atoms with Gasteiger partial charge in [-0.2, -0.15) is 5.10 Å². The van der Waals surface area contributed by atoms with E-state index in [2.05, 4.69) is 10.4 Å². The van der Waals surface area contributed by atoms with Crippen LogP contribution in [0.15, 0.2) is 6.20 Å². The molecule has 0 unspecified atom stereocenters. The molecule has 0 amide bonds. The number of ketones is 1. The zero-order valence-electron chi connectivity index (χ0n) is 9.73. The van der Waals surface area contributed by atoms with Crippen molar-refractivity contribution in [2.75, 3.05) is 13.1 Å². The van der Waals surface area contributed by atoms with E-state index in [0.29, 0.717) is 17.9 Å². The van der Waals surface area contributed by atoms with Gasteiger partial charge in [-0.1, -0.05) is 0 Å². The lowest BCUT2D eigenvalue weighted by atomic mass is 9.84. The predicted molar refractivity (Wildman–Crippen MR) is 64.9 cm³/mol. The van der Waals surface area contributed by atoms with Gasteiger partial charge in [-0.05, 0) is 13.1 Å². The summed E-state index contributed by atoms with van der Waals surface area (Å²) in [4.78, 5) is 12.1. The van der Waals surface area contributed by atoms with Crippen LogP contribution in [0.25, 0.3) is 0 Å². The Bertz CT molecular complexity index is 438. The van der Waals surface area contributed by atoms with Crippen LogP contribution in [0.1, 0.15) is 29.8 Å². The molecule has 0 radical (unpaired) electrons. The second-order valence-electron chi connectivity index (χ2n) is 4.62. The monoisotopic (exact) mass is 257 g/mol. The van der Waals surface area contributed by atoms with E-state index in [0.717, 1.165) is 25.9 Å². The van der Waals surface area contributed by atoms with E-state index in [1.165, 1.54) is 0 Å². The SMILES string of the molecule is Cl.Cn1ncc2c1C(=O)CC1(CCNCC1)O2. The molecular weight excluding hydrogens is 242 g/mol. The number of rotatable bonds is 0. The molecule has 17 heavy (non-hydrogen) atoms. The van der Waals surface area contributed by atoms with E-state index in [9.17, 15) is 4.79 Å². The minimum Gasteiger partial charge on any atom is -0.483 e. The Morgan fingerprint density at radius 2 is 2.18 bits per heavy atom. The topological polar surface area (TPSA) is 56.2 Å². The van der Waals surface area contributed by atoms with Crippen molar-refractivity contribution in [3.05, 3.63) is 11.9 Å². The first kappa shape index (κ1) is 12.4. The molecule has 0 aliphatic carbocycles. The number of hydrogen-bond donors (Lipinski definition) is 1. The fraction of sp³-hybridized carbons (Fsp3) is 0.636. The number of carbonyl (C=O) groups excluding carboxylic acids is 1. The van der Waals surface area contributed by atoms with Crippen molar-refractivity contribution in [2.45, 2.75) is 24.9 Å². The Labute approximate surface area is 106 Å². The number of fused-ring (bicyclic) bond motifs is 1. The molecule has 2 aliphatic rings. The number of nitrogens with one attached hydrogen (secondary N) is 1. The number of aromatic nitrogens is 2. The number of halogens is 1. The summed E-state index contributed by atoms with van der Waals surface area (Å²) >= 11 is 0. The highest BCUT2D eigenvalue weighted by atomic mass is 35.5. The van der Waals surface area contributed by atoms with Gasteiger partial charge in [0.25, 0.3) is 0 Å². The standard InChI is InChI=1S/C11H15N3O2.ClH/c1-14-10-8(15)6-11(2-4-12-5-3-11)16-9(10)7-13-14;/h7,12H,2-6H2,1H3;1H. The fourth-order valence-electron chi connectivity index (χ4n) is 2.62. The third-order valence-corrected chi connectivity index (χ3v) is 3.49. The number of carbonyl (C=O) groups is 1. The molecule has 1 N–H and O–H groups in total. The molecule has 1 aromatic rings. The predicted octanol–water partition coefficient (Wildman–Crippen LogP) is 0.929. The minimum atomic E-state index is -0.279. The van der Waals surface area contributed by atoms with Crippen molar-refractivity contribution in [2.24, 2.45) is 7.05 Å². The van der Waals surface area contributed by atoms with Crippen LogP contribution in [-0.4, -0.2) is 34.3 Å². The summed E-state index contributed by atoms with van der Waals surface area (Å²) < 4.78 is 7.61. The minimum absolute atomic E-state index is 0. The van der Waals surface area contributed by atoms with E-state index in [1.54, 1.807) is 17.9 Å². The Kier molecular flexibility index (Phi) is 3.14. The molecule has 6 heteroatoms. The van der Waals surface area contributed by atoms with Crippen molar-refractivity contribution in [3.63, 3.8) is 0 Å². The third kappa shape index (κ3) is 1.93. The maximum atomic E-state index is 12.1. The van der Waals surface area contributed by atoms with Crippen molar-refractivity contribution < 1.29 is 9.53 Å². The van der Waals surface area contributed by atoms with Crippen LogP contribution in [0.3, 0.4) is 0 Å². The highest BCUT2D eigenvalue weighted by molar-refractivity contribution is 5.98. The van der Waals surface area contributed by atoms with E-state index in [1.807, 2.05) is 0 Å². The van der Waals surface area contributed by atoms with Crippen molar-refractivity contribution in [3.8, 4) is 5.75 Å². The van der Waals surface area contributed by atoms with Crippen LogP contribution >= 0.6 is 12.4 Å². The summed E-state index contributed by atoms with van der Waals surface area (Å²) in [5.41, 5.74) is 0.336. The van der Waals surface area contributed by atoms with Gasteiger partial charge >= 0.3 is 0 Å². The first-order valence-electron chi connectivity index (χ1n) is 5.65. The van der Waals surface area contributed by atoms with Gasteiger partial charge in [0.1, 0.15) is 11.3 Å². The summed E-state index contributed by atoms with van der Waals surface area (Å²) in [5.74, 6) is 0.809. The Morgan fingerprint density at radius 3 is 2.88 bits per heavy atom. The molecule has 3 heterocycles. The third-order valence-electron chi connectivity index (χ3n) is 3.49. The van der Waals surface area contributed by atoms with Crippen LogP contribution in [0.5, 0.6) is 5.75 Å². The summed E-state index contributed by atoms with van der Waals surface area (Å²) in [7, 11) is 1.78. The molecule has 1 saturated heterocycles. The fourth-order valence-corrected chi connectivity index (χ4v) is 2.62. The number of Topliss-reactive ketones (excluding diaryl/α,β-unsaturated/α-hetero) is 1. The summed E-state index contributed by atoms with van der Waals surface area (Å²) in [6, 6.07) is 0. The van der Waals surface area contributed by atoms with Gasteiger partial charge in [0.05, 0.1) is 12.6 Å². The van der Waals surface area contributed by atoms with Gasteiger partial charge in [-0.15, -0.1) is 12.4 Å². The van der Waals surface area contributed by atoms with Crippen LogP contribution in [0, 0.1) is 0 Å². The van der Waals surface area contributed by atoms with E-state index in [-0.39, 0.29) is 23.8 Å². The number of ether oxygens (including phenoxy) is 1. The lowest BCUT2D eigenvalue weighted by molar-refractivity contribution is 0.0181. The van der Waals surface area contributed by atoms with Crippen LogP contribution in [0.2, 0.25) is 0 Å². The second-order valence-corrected chi connectivity index (χ2v) is 4.62. The molecule has 1 fully saturated rings. The lowest BCUT2D eigenvalue weighted by Crippen LogP contribution is -2.49. The highest BCUT2D eigenvalue weighted by Gasteiger charge is 2.42. The van der Waals surface area contributed by atoms with Crippen molar-refractivity contribution in [1.29, 1.82) is 0 Å². The Hall–Kier alpha value is -1.07. The average molecular weight is 258 g/mol. The quantitative estimate of drug-likeness (QED) is 0.751. The van der Waals surface area contributed by atoms with Crippen molar-refractivity contribution in [1.82, 2.24) is 15.1 Å². The van der Waals surface area contributed by atoms with Gasteiger partial charge in [-0.3, -0.25) is 9.48 Å². The van der Waals surface area contributed by atoms with Crippen LogP contribution in [0.4, 0.5) is 0 Å². The number of piperidine rings is 1. The molecule has 0 aromatic carbocycles. The highest BCUT2D eigenvalue weighted by Crippen LogP contribution is 2.37. The maximum Gasteiger partial charge on any atom is 0.188 e. The maximum absolute atomic E-state index is 12.1. The smallest absolute Gasteiger partial charge is 0.188 e. The number of hydrogen-bond acceptors (Lipinski definition) is 4. The van der Waals surface area contributed by atoms with E-state index in [4.69, 9.17) is 4.74 Å². The largest absolute Gasteiger partial charge is 0.483 e. The van der Waals surface area contributed by atoms with Crippen molar-refractivity contribution >= 4 is 18.2 Å². The van der Waals surface area contributed by atoms with Gasteiger partial charge in [0.15, 0.2) is 11.5 Å². The van der Waals surface area contributed by atoms with Gasteiger partial charge < -0.3 is 10.1 Å². The molecule has 0 bridgehead atoms. The van der Waals surface area contributed by atoms with E-state index >= 15 is 0 Å². The van der Waals surface area contributed by atoms with Gasteiger partial charge in [-0.25, -0.2) is 0 Å². The molecule has 0 saturated carbocycles. The summed E-state index contributed by atoms with van der Waals surface area (Å²) in [6.07, 6.45) is 3.93. The number of nitrogens with zero attached hydrogens (tertiary/aromatic N) is 2. The van der Waals surface area contributed by atoms with Crippen LogP contribution in [-0.2, 0) is 7.05 Å². The molecule has 0 atom stereocenters. The van der Waals surface area contributed by atoms with E-state index < -0.39 is 0 Å². The second kappa shape index (κ2) is 4.31. The molecule has 3 rings (SSSR count). The van der Waals surface area contributed by atoms with Crippen LogP contribution < -0.4 is 10.1 Å².